The lowest BCUT2D eigenvalue weighted by atomic mass is 10.1. The van der Waals surface area contributed by atoms with Gasteiger partial charge in [-0.05, 0) is 61.6 Å². The molecule has 17 heavy (non-hydrogen) atoms. The van der Waals surface area contributed by atoms with Crippen molar-refractivity contribution in [3.8, 4) is 0 Å². The molecule has 1 rings (SSSR count). The summed E-state index contributed by atoms with van der Waals surface area (Å²) in [5, 5.41) is 5.82. The number of amides is 1. The zero-order valence-corrected chi connectivity index (χ0v) is 12.3. The monoisotopic (exact) mass is 350 g/mol. The van der Waals surface area contributed by atoms with Gasteiger partial charge in [-0.25, -0.2) is 4.39 Å². The molecule has 5 heteroatoms. The molecule has 0 radical (unpaired) electrons. The number of carbonyl (C=O) groups is 1. The quantitative estimate of drug-likeness (QED) is 0.824. The minimum Gasteiger partial charge on any atom is -0.375 e. The normalized spacial score (nSPS) is 11.1. The molecule has 0 heterocycles. The van der Waals surface area contributed by atoms with Gasteiger partial charge in [-0.1, -0.05) is 0 Å². The highest BCUT2D eigenvalue weighted by Gasteiger charge is 2.13. The minimum absolute atomic E-state index is 0.0855. The van der Waals surface area contributed by atoms with Gasteiger partial charge in [-0.15, -0.1) is 0 Å². The van der Waals surface area contributed by atoms with Crippen molar-refractivity contribution in [1.29, 1.82) is 0 Å². The van der Waals surface area contributed by atoms with Crippen LogP contribution >= 0.6 is 22.6 Å². The van der Waals surface area contributed by atoms with E-state index in [0.717, 1.165) is 9.26 Å². The molecule has 94 valence electrons. The lowest BCUT2D eigenvalue weighted by Gasteiger charge is -2.20. The molecule has 0 aromatic heterocycles. The Balaban J connectivity index is 2.53. The van der Waals surface area contributed by atoms with Crippen LogP contribution in [0.2, 0.25) is 0 Å². The third-order valence-corrected chi connectivity index (χ3v) is 2.78. The minimum atomic E-state index is -0.279. The van der Waals surface area contributed by atoms with Gasteiger partial charge in [0.2, 0.25) is 5.91 Å². The van der Waals surface area contributed by atoms with Crippen molar-refractivity contribution in [3.05, 3.63) is 27.6 Å². The van der Waals surface area contributed by atoms with Crippen molar-refractivity contribution in [2.45, 2.75) is 26.3 Å². The standard InChI is InChI=1S/C12H16FIN2O/c1-12(2,3)16-11(17)7-15-10-5-4-8(13)6-9(10)14/h4-6,15H,7H2,1-3H3,(H,16,17). The topological polar surface area (TPSA) is 41.1 Å². The second kappa shape index (κ2) is 5.66. The van der Waals surface area contributed by atoms with E-state index in [1.165, 1.54) is 12.1 Å². The molecule has 0 saturated carbocycles. The third kappa shape index (κ3) is 5.34. The Bertz CT molecular complexity index is 415. The molecule has 0 fully saturated rings. The van der Waals surface area contributed by atoms with Crippen molar-refractivity contribution in [2.24, 2.45) is 0 Å². The summed E-state index contributed by atoms with van der Waals surface area (Å²) in [6.45, 7) is 5.95. The summed E-state index contributed by atoms with van der Waals surface area (Å²) in [7, 11) is 0. The molecule has 0 aliphatic heterocycles. The second-order valence-electron chi connectivity index (χ2n) is 4.78. The van der Waals surface area contributed by atoms with Crippen LogP contribution in [0.5, 0.6) is 0 Å². The fourth-order valence-electron chi connectivity index (χ4n) is 1.27. The zero-order valence-electron chi connectivity index (χ0n) is 10.1. The SMILES string of the molecule is CC(C)(C)NC(=O)CNc1ccc(F)cc1I. The van der Waals surface area contributed by atoms with Gasteiger partial charge in [0, 0.05) is 14.8 Å². The van der Waals surface area contributed by atoms with E-state index < -0.39 is 0 Å². The predicted molar refractivity (Wildman–Crippen MR) is 75.5 cm³/mol. The highest BCUT2D eigenvalue weighted by molar-refractivity contribution is 14.1. The van der Waals surface area contributed by atoms with Crippen molar-refractivity contribution in [3.63, 3.8) is 0 Å². The molecular weight excluding hydrogens is 334 g/mol. The van der Waals surface area contributed by atoms with Gasteiger partial charge < -0.3 is 10.6 Å². The third-order valence-electron chi connectivity index (χ3n) is 1.88. The van der Waals surface area contributed by atoms with Crippen molar-refractivity contribution < 1.29 is 9.18 Å². The molecule has 1 amide bonds. The van der Waals surface area contributed by atoms with Crippen LogP contribution in [0.1, 0.15) is 20.8 Å². The molecule has 2 N–H and O–H groups in total. The lowest BCUT2D eigenvalue weighted by molar-refractivity contribution is -0.120. The average Bonchev–Trinajstić information content (AvgIpc) is 2.13. The highest BCUT2D eigenvalue weighted by Crippen LogP contribution is 2.18. The fourth-order valence-corrected chi connectivity index (χ4v) is 1.94. The fraction of sp³-hybridized carbons (Fsp3) is 0.417. The molecule has 1 aromatic rings. The zero-order chi connectivity index (χ0) is 13.1. The first-order chi connectivity index (χ1) is 7.78. The Morgan fingerprint density at radius 2 is 2.06 bits per heavy atom. The highest BCUT2D eigenvalue weighted by atomic mass is 127. The van der Waals surface area contributed by atoms with Gasteiger partial charge in [-0.2, -0.15) is 0 Å². The Morgan fingerprint density at radius 1 is 1.41 bits per heavy atom. The molecule has 0 aliphatic carbocycles. The number of rotatable bonds is 3. The second-order valence-corrected chi connectivity index (χ2v) is 5.94. The van der Waals surface area contributed by atoms with Gasteiger partial charge in [0.25, 0.3) is 0 Å². The first kappa shape index (κ1) is 14.2. The van der Waals surface area contributed by atoms with E-state index in [2.05, 4.69) is 10.6 Å². The van der Waals surface area contributed by atoms with Crippen LogP contribution in [-0.4, -0.2) is 18.0 Å². The van der Waals surface area contributed by atoms with Crippen LogP contribution in [0.4, 0.5) is 10.1 Å². The number of benzene rings is 1. The summed E-state index contributed by atoms with van der Waals surface area (Å²) in [5.74, 6) is -0.364. The van der Waals surface area contributed by atoms with E-state index in [1.54, 1.807) is 6.07 Å². The largest absolute Gasteiger partial charge is 0.375 e. The smallest absolute Gasteiger partial charge is 0.239 e. The summed E-state index contributed by atoms with van der Waals surface area (Å²) in [5.41, 5.74) is 0.519. The summed E-state index contributed by atoms with van der Waals surface area (Å²) in [6, 6.07) is 4.41. The molecule has 0 bridgehead atoms. The molecule has 0 saturated heterocycles. The van der Waals surface area contributed by atoms with Crippen LogP contribution in [0, 0.1) is 9.39 Å². The van der Waals surface area contributed by atoms with Gasteiger partial charge in [0.05, 0.1) is 6.54 Å². The molecule has 0 spiro atoms. The molecule has 1 aromatic carbocycles. The summed E-state index contributed by atoms with van der Waals surface area (Å²) < 4.78 is 13.6. The number of anilines is 1. The van der Waals surface area contributed by atoms with Crippen LogP contribution in [0.25, 0.3) is 0 Å². The van der Waals surface area contributed by atoms with E-state index >= 15 is 0 Å². The van der Waals surface area contributed by atoms with Gasteiger partial charge in [-0.3, -0.25) is 4.79 Å². The average molecular weight is 350 g/mol. The lowest BCUT2D eigenvalue weighted by Crippen LogP contribution is -2.43. The van der Waals surface area contributed by atoms with E-state index in [9.17, 15) is 9.18 Å². The first-order valence-electron chi connectivity index (χ1n) is 5.28. The van der Waals surface area contributed by atoms with E-state index in [0.29, 0.717) is 0 Å². The number of halogens is 2. The van der Waals surface area contributed by atoms with Crippen LogP contribution < -0.4 is 10.6 Å². The predicted octanol–water partition coefficient (Wildman–Crippen LogP) is 2.76. The van der Waals surface area contributed by atoms with Gasteiger partial charge in [0.15, 0.2) is 0 Å². The van der Waals surface area contributed by atoms with Gasteiger partial charge >= 0.3 is 0 Å². The molecular formula is C12H16FIN2O. The summed E-state index contributed by atoms with van der Waals surface area (Å²) in [4.78, 5) is 11.6. The molecule has 3 nitrogen and oxygen atoms in total. The maximum atomic E-state index is 12.9. The number of hydrogen-bond donors (Lipinski definition) is 2. The number of nitrogens with one attached hydrogen (secondary N) is 2. The van der Waals surface area contributed by atoms with Crippen molar-refractivity contribution >= 4 is 34.2 Å². The Kier molecular flexibility index (Phi) is 4.73. The molecule has 0 aliphatic rings. The maximum absolute atomic E-state index is 12.9. The van der Waals surface area contributed by atoms with Crippen molar-refractivity contribution in [1.82, 2.24) is 5.32 Å². The summed E-state index contributed by atoms with van der Waals surface area (Å²) >= 11 is 2.03. The van der Waals surface area contributed by atoms with E-state index in [-0.39, 0.29) is 23.8 Å². The Labute approximate surface area is 114 Å². The van der Waals surface area contributed by atoms with Crippen LogP contribution in [0.3, 0.4) is 0 Å². The van der Waals surface area contributed by atoms with E-state index in [4.69, 9.17) is 0 Å². The van der Waals surface area contributed by atoms with Crippen LogP contribution in [0.15, 0.2) is 18.2 Å². The van der Waals surface area contributed by atoms with Gasteiger partial charge in [0.1, 0.15) is 5.82 Å². The number of hydrogen-bond acceptors (Lipinski definition) is 2. The first-order valence-corrected chi connectivity index (χ1v) is 6.36. The maximum Gasteiger partial charge on any atom is 0.239 e. The van der Waals surface area contributed by atoms with Crippen LogP contribution in [-0.2, 0) is 4.79 Å². The van der Waals surface area contributed by atoms with Crippen molar-refractivity contribution in [2.75, 3.05) is 11.9 Å². The molecule has 0 atom stereocenters. The molecule has 0 unspecified atom stereocenters. The number of carbonyl (C=O) groups excluding carboxylic acids is 1. The Morgan fingerprint density at radius 3 is 2.59 bits per heavy atom. The Hall–Kier alpha value is -0.850. The summed E-state index contributed by atoms with van der Waals surface area (Å²) in [6.07, 6.45) is 0. The van der Waals surface area contributed by atoms with E-state index in [1.807, 2.05) is 43.4 Å².